The van der Waals surface area contributed by atoms with Gasteiger partial charge in [-0.25, -0.2) is 8.42 Å². The number of aryl methyl sites for hydroxylation is 1. The molecule has 3 aromatic carbocycles. The maximum atomic E-state index is 14.0. The molecule has 0 heterocycles. The van der Waals surface area contributed by atoms with Gasteiger partial charge in [0.15, 0.2) is 0 Å². The summed E-state index contributed by atoms with van der Waals surface area (Å²) in [6, 6.07) is 21.2. The van der Waals surface area contributed by atoms with E-state index in [1.54, 1.807) is 43.3 Å². The van der Waals surface area contributed by atoms with Crippen LogP contribution in [0.2, 0.25) is 5.02 Å². The Kier molecular flexibility index (Phi) is 9.94. The van der Waals surface area contributed by atoms with Crippen molar-refractivity contribution in [2.75, 3.05) is 10.8 Å². The summed E-state index contributed by atoms with van der Waals surface area (Å²) in [6.07, 6.45) is 0.364. The van der Waals surface area contributed by atoms with Crippen molar-refractivity contribution in [3.8, 4) is 0 Å². The molecular formula is C29H34ClN3O4S. The van der Waals surface area contributed by atoms with Gasteiger partial charge in [0.05, 0.1) is 10.6 Å². The van der Waals surface area contributed by atoms with Gasteiger partial charge in [-0.3, -0.25) is 13.9 Å². The zero-order chi connectivity index (χ0) is 27.9. The summed E-state index contributed by atoms with van der Waals surface area (Å²) in [5.41, 5.74) is 1.77. The number of nitrogens with one attached hydrogen (secondary N) is 1. The van der Waals surface area contributed by atoms with Crippen LogP contribution >= 0.6 is 11.6 Å². The molecule has 0 aliphatic rings. The largest absolute Gasteiger partial charge is 0.352 e. The van der Waals surface area contributed by atoms with Gasteiger partial charge in [0.1, 0.15) is 12.6 Å². The van der Waals surface area contributed by atoms with Gasteiger partial charge < -0.3 is 10.2 Å². The van der Waals surface area contributed by atoms with E-state index in [2.05, 4.69) is 5.32 Å². The molecule has 0 saturated carbocycles. The molecule has 0 aliphatic carbocycles. The Hall–Kier alpha value is -3.36. The number of anilines is 1. The topological polar surface area (TPSA) is 86.8 Å². The molecule has 0 spiro atoms. The smallest absolute Gasteiger partial charge is 0.264 e. The van der Waals surface area contributed by atoms with Crippen molar-refractivity contribution in [1.82, 2.24) is 10.2 Å². The van der Waals surface area contributed by atoms with Gasteiger partial charge >= 0.3 is 0 Å². The molecular weight excluding hydrogens is 522 g/mol. The van der Waals surface area contributed by atoms with Gasteiger partial charge in [-0.2, -0.15) is 0 Å². The Balaban J connectivity index is 2.07. The highest BCUT2D eigenvalue weighted by Crippen LogP contribution is 2.29. The number of halogens is 1. The number of sulfonamides is 1. The summed E-state index contributed by atoms with van der Waals surface area (Å²) >= 11 is 6.15. The van der Waals surface area contributed by atoms with Crippen molar-refractivity contribution in [2.24, 2.45) is 0 Å². The number of hydrogen-bond donors (Lipinski definition) is 1. The minimum absolute atomic E-state index is 0.0568. The summed E-state index contributed by atoms with van der Waals surface area (Å²) in [4.78, 5) is 28.6. The molecule has 0 aromatic heterocycles. The van der Waals surface area contributed by atoms with E-state index in [1.807, 2.05) is 51.1 Å². The van der Waals surface area contributed by atoms with Crippen LogP contribution in [0.1, 0.15) is 38.3 Å². The molecule has 0 aliphatic heterocycles. The van der Waals surface area contributed by atoms with Crippen LogP contribution in [-0.4, -0.2) is 43.8 Å². The Morgan fingerprint density at radius 3 is 2.11 bits per heavy atom. The fourth-order valence-electron chi connectivity index (χ4n) is 4.21. The maximum Gasteiger partial charge on any atom is 0.264 e. The van der Waals surface area contributed by atoms with Gasteiger partial charge in [0, 0.05) is 17.6 Å². The van der Waals surface area contributed by atoms with Gasteiger partial charge in [0.2, 0.25) is 11.8 Å². The molecule has 38 heavy (non-hydrogen) atoms. The average Bonchev–Trinajstić information content (AvgIpc) is 2.88. The number of hydrogen-bond acceptors (Lipinski definition) is 4. The monoisotopic (exact) mass is 555 g/mol. The second kappa shape index (κ2) is 12.9. The molecule has 1 atom stereocenters. The average molecular weight is 556 g/mol. The van der Waals surface area contributed by atoms with E-state index in [0.717, 1.165) is 9.87 Å². The van der Waals surface area contributed by atoms with Crippen molar-refractivity contribution in [3.05, 3.63) is 95.0 Å². The normalized spacial score (nSPS) is 12.2. The van der Waals surface area contributed by atoms with E-state index >= 15 is 0 Å². The second-order valence-electron chi connectivity index (χ2n) is 9.35. The molecule has 7 nitrogen and oxygen atoms in total. The minimum Gasteiger partial charge on any atom is -0.352 e. The molecule has 0 fully saturated rings. The second-order valence-corrected chi connectivity index (χ2v) is 11.6. The highest BCUT2D eigenvalue weighted by Gasteiger charge is 2.34. The van der Waals surface area contributed by atoms with Gasteiger partial charge in [-0.1, -0.05) is 67.1 Å². The SMILES string of the molecule is CCC(C(=O)NC(C)C)N(Cc1ccccc1)C(=O)CN(c1ccc(Cl)cc1C)S(=O)(=O)c1ccccc1. The first kappa shape index (κ1) is 29.2. The number of carbonyl (C=O) groups is 2. The van der Waals surface area contributed by atoms with Crippen LogP contribution in [-0.2, 0) is 26.2 Å². The third kappa shape index (κ3) is 7.14. The van der Waals surface area contributed by atoms with Gasteiger partial charge in [-0.05, 0) is 68.7 Å². The minimum atomic E-state index is -4.12. The molecule has 202 valence electrons. The lowest BCUT2D eigenvalue weighted by Gasteiger charge is -2.34. The van der Waals surface area contributed by atoms with Crippen LogP contribution in [0, 0.1) is 6.92 Å². The van der Waals surface area contributed by atoms with Crippen molar-refractivity contribution in [2.45, 2.75) is 57.6 Å². The Morgan fingerprint density at radius 1 is 0.947 bits per heavy atom. The number of nitrogens with zero attached hydrogens (tertiary/aromatic N) is 2. The van der Waals surface area contributed by atoms with E-state index < -0.39 is 28.5 Å². The first-order valence-electron chi connectivity index (χ1n) is 12.5. The van der Waals surface area contributed by atoms with Crippen LogP contribution in [0.4, 0.5) is 5.69 Å². The fraction of sp³-hybridized carbons (Fsp3) is 0.310. The summed E-state index contributed by atoms with van der Waals surface area (Å²) in [7, 11) is -4.12. The number of carbonyl (C=O) groups excluding carboxylic acids is 2. The van der Waals surface area contributed by atoms with Crippen molar-refractivity contribution < 1.29 is 18.0 Å². The van der Waals surface area contributed by atoms with Crippen molar-refractivity contribution >= 4 is 39.1 Å². The molecule has 1 unspecified atom stereocenters. The van der Waals surface area contributed by atoms with Crippen LogP contribution in [0.3, 0.4) is 0 Å². The van der Waals surface area contributed by atoms with E-state index in [-0.39, 0.29) is 23.4 Å². The molecule has 1 N–H and O–H groups in total. The highest BCUT2D eigenvalue weighted by atomic mass is 35.5. The summed E-state index contributed by atoms with van der Waals surface area (Å²) in [5, 5.41) is 3.35. The van der Waals surface area contributed by atoms with E-state index in [9.17, 15) is 18.0 Å². The quantitative estimate of drug-likeness (QED) is 0.353. The number of benzene rings is 3. The number of rotatable bonds is 11. The molecule has 9 heteroatoms. The number of amides is 2. The Labute approximate surface area is 230 Å². The lowest BCUT2D eigenvalue weighted by atomic mass is 10.1. The highest BCUT2D eigenvalue weighted by molar-refractivity contribution is 7.92. The Bertz CT molecular complexity index is 1350. The zero-order valence-corrected chi connectivity index (χ0v) is 23.7. The zero-order valence-electron chi connectivity index (χ0n) is 22.1. The van der Waals surface area contributed by atoms with Gasteiger partial charge in [-0.15, -0.1) is 0 Å². The summed E-state index contributed by atoms with van der Waals surface area (Å²) in [6.45, 7) is 6.95. The predicted octanol–water partition coefficient (Wildman–Crippen LogP) is 5.18. The molecule has 2 amide bonds. The lowest BCUT2D eigenvalue weighted by Crippen LogP contribution is -2.53. The standard InChI is InChI=1S/C29H34ClN3O4S/c1-5-26(29(35)31-21(2)3)32(19-23-12-8-6-9-13-23)28(34)20-33(27-17-16-24(30)18-22(27)4)38(36,37)25-14-10-7-11-15-25/h6-18,21,26H,5,19-20H2,1-4H3,(H,31,35). The van der Waals surface area contributed by atoms with E-state index in [1.165, 1.54) is 17.0 Å². The van der Waals surface area contributed by atoms with Crippen LogP contribution in [0.5, 0.6) is 0 Å². The molecule has 0 radical (unpaired) electrons. The van der Waals surface area contributed by atoms with E-state index in [0.29, 0.717) is 22.7 Å². The predicted molar refractivity (Wildman–Crippen MR) is 152 cm³/mol. The fourth-order valence-corrected chi connectivity index (χ4v) is 5.94. The molecule has 3 aromatic rings. The van der Waals surface area contributed by atoms with Crippen LogP contribution in [0.15, 0.2) is 83.8 Å². The first-order valence-corrected chi connectivity index (χ1v) is 14.3. The maximum absolute atomic E-state index is 14.0. The summed E-state index contributed by atoms with van der Waals surface area (Å²) < 4.78 is 28.8. The van der Waals surface area contributed by atoms with Crippen LogP contribution in [0.25, 0.3) is 0 Å². The Morgan fingerprint density at radius 2 is 1.55 bits per heavy atom. The van der Waals surface area contributed by atoms with E-state index in [4.69, 9.17) is 11.6 Å². The van der Waals surface area contributed by atoms with Crippen molar-refractivity contribution in [3.63, 3.8) is 0 Å². The first-order chi connectivity index (χ1) is 18.0. The molecule has 0 saturated heterocycles. The molecule has 3 rings (SSSR count). The lowest BCUT2D eigenvalue weighted by molar-refractivity contribution is -0.140. The van der Waals surface area contributed by atoms with Gasteiger partial charge in [0.25, 0.3) is 10.0 Å². The van der Waals surface area contributed by atoms with Crippen LogP contribution < -0.4 is 9.62 Å². The molecule has 0 bridgehead atoms. The third-order valence-electron chi connectivity index (χ3n) is 6.05. The summed E-state index contributed by atoms with van der Waals surface area (Å²) in [5.74, 6) is -0.777. The van der Waals surface area contributed by atoms with Crippen molar-refractivity contribution in [1.29, 1.82) is 0 Å². The third-order valence-corrected chi connectivity index (χ3v) is 8.06.